The maximum Gasteiger partial charge on any atom is 0.0555 e. The molecule has 0 aliphatic heterocycles. The van der Waals surface area contributed by atoms with Gasteiger partial charge in [0.1, 0.15) is 0 Å². The molecule has 0 saturated heterocycles. The lowest BCUT2D eigenvalue weighted by atomic mass is 9.95. The third-order valence-electron chi connectivity index (χ3n) is 2.83. The summed E-state index contributed by atoms with van der Waals surface area (Å²) in [4.78, 5) is 4.00. The van der Waals surface area contributed by atoms with Gasteiger partial charge in [-0.3, -0.25) is 4.98 Å². The summed E-state index contributed by atoms with van der Waals surface area (Å²) in [6, 6.07) is 10.2. The van der Waals surface area contributed by atoms with Crippen LogP contribution in [0, 0.1) is 13.8 Å². The summed E-state index contributed by atoms with van der Waals surface area (Å²) in [6.45, 7) is 4.19. The molecule has 0 fully saturated rings. The van der Waals surface area contributed by atoms with E-state index in [1.54, 1.807) is 12.4 Å². The molecule has 1 aromatic carbocycles. The van der Waals surface area contributed by atoms with Gasteiger partial charge in [0.05, 0.1) is 6.04 Å². The Morgan fingerprint density at radius 1 is 1.06 bits per heavy atom. The van der Waals surface area contributed by atoms with Crippen molar-refractivity contribution in [3.8, 4) is 0 Å². The number of hydrogen-bond acceptors (Lipinski definition) is 2. The van der Waals surface area contributed by atoms with Gasteiger partial charge in [-0.1, -0.05) is 23.8 Å². The number of pyridine rings is 1. The third-order valence-corrected chi connectivity index (χ3v) is 2.83. The quantitative estimate of drug-likeness (QED) is 0.831. The number of nitrogens with zero attached hydrogens (tertiary/aromatic N) is 1. The van der Waals surface area contributed by atoms with Crippen molar-refractivity contribution in [3.63, 3.8) is 0 Å². The lowest BCUT2D eigenvalue weighted by molar-refractivity contribution is 0.857. The van der Waals surface area contributed by atoms with E-state index in [-0.39, 0.29) is 6.04 Å². The third kappa shape index (κ3) is 2.12. The molecule has 2 nitrogen and oxygen atoms in total. The Balaban J connectivity index is 2.38. The monoisotopic (exact) mass is 212 g/mol. The number of aryl methyl sites for hydroxylation is 2. The zero-order valence-electron chi connectivity index (χ0n) is 9.64. The minimum Gasteiger partial charge on any atom is -0.320 e. The van der Waals surface area contributed by atoms with Gasteiger partial charge in [-0.2, -0.15) is 0 Å². The van der Waals surface area contributed by atoms with E-state index in [0.29, 0.717) is 0 Å². The lowest BCUT2D eigenvalue weighted by Crippen LogP contribution is -2.13. The van der Waals surface area contributed by atoms with Crippen LogP contribution in [0.2, 0.25) is 0 Å². The molecule has 0 radical (unpaired) electrons. The van der Waals surface area contributed by atoms with Gasteiger partial charge in [0.25, 0.3) is 0 Å². The smallest absolute Gasteiger partial charge is 0.0555 e. The van der Waals surface area contributed by atoms with E-state index in [9.17, 15) is 0 Å². The van der Waals surface area contributed by atoms with E-state index in [1.807, 2.05) is 12.1 Å². The fourth-order valence-corrected chi connectivity index (χ4v) is 1.92. The zero-order chi connectivity index (χ0) is 11.5. The molecule has 16 heavy (non-hydrogen) atoms. The Morgan fingerprint density at radius 3 is 2.38 bits per heavy atom. The van der Waals surface area contributed by atoms with Crippen molar-refractivity contribution < 1.29 is 0 Å². The Labute approximate surface area is 96.1 Å². The van der Waals surface area contributed by atoms with Crippen LogP contribution in [0.15, 0.2) is 42.7 Å². The highest BCUT2D eigenvalue weighted by Gasteiger charge is 2.10. The van der Waals surface area contributed by atoms with Crippen LogP contribution in [-0.4, -0.2) is 4.98 Å². The average Bonchev–Trinajstić information content (AvgIpc) is 2.29. The highest BCUT2D eigenvalue weighted by Crippen LogP contribution is 2.22. The molecule has 1 unspecified atom stereocenters. The Kier molecular flexibility index (Phi) is 3.02. The van der Waals surface area contributed by atoms with Gasteiger partial charge < -0.3 is 5.73 Å². The Bertz CT molecular complexity index is 477. The van der Waals surface area contributed by atoms with E-state index in [4.69, 9.17) is 5.73 Å². The molecule has 2 aromatic rings. The van der Waals surface area contributed by atoms with Crippen molar-refractivity contribution in [1.82, 2.24) is 4.98 Å². The Morgan fingerprint density at radius 2 is 1.75 bits per heavy atom. The number of hydrogen-bond donors (Lipinski definition) is 1. The number of rotatable bonds is 2. The molecule has 0 spiro atoms. The van der Waals surface area contributed by atoms with Gasteiger partial charge in [-0.15, -0.1) is 0 Å². The van der Waals surface area contributed by atoms with Crippen LogP contribution in [0.25, 0.3) is 0 Å². The van der Waals surface area contributed by atoms with Gasteiger partial charge >= 0.3 is 0 Å². The van der Waals surface area contributed by atoms with Crippen LogP contribution < -0.4 is 5.73 Å². The largest absolute Gasteiger partial charge is 0.320 e. The molecule has 0 aliphatic carbocycles. The fourth-order valence-electron chi connectivity index (χ4n) is 1.92. The minimum absolute atomic E-state index is 0.0661. The second kappa shape index (κ2) is 4.45. The maximum atomic E-state index is 6.24. The van der Waals surface area contributed by atoms with Crippen molar-refractivity contribution in [1.29, 1.82) is 0 Å². The average molecular weight is 212 g/mol. The van der Waals surface area contributed by atoms with Crippen LogP contribution in [0.4, 0.5) is 0 Å². The second-order valence-electron chi connectivity index (χ2n) is 4.12. The molecule has 0 aliphatic rings. The van der Waals surface area contributed by atoms with Crippen molar-refractivity contribution in [2.24, 2.45) is 5.73 Å². The lowest BCUT2D eigenvalue weighted by Gasteiger charge is -2.15. The second-order valence-corrected chi connectivity index (χ2v) is 4.12. The summed E-state index contributed by atoms with van der Waals surface area (Å²) in [7, 11) is 0. The Hall–Kier alpha value is -1.67. The number of benzene rings is 1. The first-order valence-electron chi connectivity index (χ1n) is 5.41. The van der Waals surface area contributed by atoms with E-state index in [2.05, 4.69) is 37.0 Å². The van der Waals surface area contributed by atoms with E-state index < -0.39 is 0 Å². The molecule has 1 atom stereocenters. The normalized spacial score (nSPS) is 12.4. The molecule has 2 rings (SSSR count). The van der Waals surface area contributed by atoms with E-state index >= 15 is 0 Å². The van der Waals surface area contributed by atoms with E-state index in [1.165, 1.54) is 16.7 Å². The minimum atomic E-state index is -0.0661. The van der Waals surface area contributed by atoms with Gasteiger partial charge in [-0.05, 0) is 42.7 Å². The van der Waals surface area contributed by atoms with Crippen LogP contribution in [0.3, 0.4) is 0 Å². The molecule has 82 valence electrons. The summed E-state index contributed by atoms with van der Waals surface area (Å²) in [5.41, 5.74) is 11.0. The van der Waals surface area contributed by atoms with Crippen molar-refractivity contribution >= 4 is 0 Å². The standard InChI is InChI=1S/C14H16N2/c1-10-3-4-13(11(2)9-10)14(15)12-5-7-16-8-6-12/h3-9,14H,15H2,1-2H3. The van der Waals surface area contributed by atoms with Crippen LogP contribution in [0.5, 0.6) is 0 Å². The van der Waals surface area contributed by atoms with Gasteiger partial charge in [0.2, 0.25) is 0 Å². The SMILES string of the molecule is Cc1ccc(C(N)c2ccncc2)c(C)c1. The van der Waals surface area contributed by atoms with Gasteiger partial charge in [0.15, 0.2) is 0 Å². The number of aromatic nitrogens is 1. The number of nitrogens with two attached hydrogens (primary N) is 1. The van der Waals surface area contributed by atoms with Crippen molar-refractivity contribution in [2.45, 2.75) is 19.9 Å². The van der Waals surface area contributed by atoms with Crippen molar-refractivity contribution in [2.75, 3.05) is 0 Å². The topological polar surface area (TPSA) is 38.9 Å². The predicted octanol–water partition coefficient (Wildman–Crippen LogP) is 2.75. The molecule has 0 amide bonds. The molecular formula is C14H16N2. The van der Waals surface area contributed by atoms with Gasteiger partial charge in [0, 0.05) is 12.4 Å². The first kappa shape index (κ1) is 10.8. The highest BCUT2D eigenvalue weighted by atomic mass is 14.7. The highest BCUT2D eigenvalue weighted by molar-refractivity contribution is 5.37. The van der Waals surface area contributed by atoms with Crippen molar-refractivity contribution in [3.05, 3.63) is 65.0 Å². The molecule has 2 heteroatoms. The zero-order valence-corrected chi connectivity index (χ0v) is 9.64. The summed E-state index contributed by atoms with van der Waals surface area (Å²) in [5.74, 6) is 0. The molecule has 2 N–H and O–H groups in total. The van der Waals surface area contributed by atoms with Gasteiger partial charge in [-0.25, -0.2) is 0 Å². The molecular weight excluding hydrogens is 196 g/mol. The maximum absolute atomic E-state index is 6.24. The molecule has 1 heterocycles. The van der Waals surface area contributed by atoms with Crippen LogP contribution in [-0.2, 0) is 0 Å². The summed E-state index contributed by atoms with van der Waals surface area (Å²) < 4.78 is 0. The summed E-state index contributed by atoms with van der Waals surface area (Å²) in [6.07, 6.45) is 3.55. The summed E-state index contributed by atoms with van der Waals surface area (Å²) in [5, 5.41) is 0. The predicted molar refractivity (Wildman–Crippen MR) is 66.2 cm³/mol. The van der Waals surface area contributed by atoms with E-state index in [0.717, 1.165) is 5.56 Å². The summed E-state index contributed by atoms with van der Waals surface area (Å²) >= 11 is 0. The van der Waals surface area contributed by atoms with Crippen LogP contribution >= 0.6 is 0 Å². The first-order valence-corrected chi connectivity index (χ1v) is 5.41. The fraction of sp³-hybridized carbons (Fsp3) is 0.214. The van der Waals surface area contributed by atoms with Crippen LogP contribution in [0.1, 0.15) is 28.3 Å². The molecule has 0 bridgehead atoms. The first-order chi connectivity index (χ1) is 7.68. The molecule has 0 saturated carbocycles. The molecule has 1 aromatic heterocycles.